The maximum atomic E-state index is 13.2. The minimum absolute atomic E-state index is 0.0646. The minimum Gasteiger partial charge on any atom is -0.353 e. The fraction of sp³-hybridized carbons (Fsp3) is 0.423. The molecule has 0 bridgehead atoms. The summed E-state index contributed by atoms with van der Waals surface area (Å²) in [5.74, 6) is -0.403. The van der Waals surface area contributed by atoms with Crippen molar-refractivity contribution in [3.63, 3.8) is 0 Å². The standard InChI is InChI=1S/C26H32FN7O2/c1-5-22(17-6-16(10-28)7-19(8-17)26(2,3)4)34-23(35)15-30-24(36)18-9-21(14-29-11-18)33-25-31-12-20(27)13-32-25/h6-9,11,14,20,22H,5,12-13,15H2,1-4H3,(H,30,36)(H,34,35)(H2,31,32,33)/t22-/m0/s1. The molecule has 190 valence electrons. The fourth-order valence-electron chi connectivity index (χ4n) is 3.65. The summed E-state index contributed by atoms with van der Waals surface area (Å²) in [4.78, 5) is 33.4. The molecule has 1 aromatic heterocycles. The van der Waals surface area contributed by atoms with Gasteiger partial charge in [-0.2, -0.15) is 5.26 Å². The summed E-state index contributed by atoms with van der Waals surface area (Å²) in [7, 11) is 0. The van der Waals surface area contributed by atoms with Gasteiger partial charge in [-0.25, -0.2) is 9.38 Å². The van der Waals surface area contributed by atoms with Gasteiger partial charge in [-0.1, -0.05) is 33.8 Å². The van der Waals surface area contributed by atoms with Crippen LogP contribution >= 0.6 is 0 Å². The average molecular weight is 494 g/mol. The topological polar surface area (TPSA) is 131 Å². The van der Waals surface area contributed by atoms with Crippen molar-refractivity contribution in [3.05, 3.63) is 58.9 Å². The second-order valence-corrected chi connectivity index (χ2v) is 9.67. The van der Waals surface area contributed by atoms with Gasteiger partial charge in [0.25, 0.3) is 5.91 Å². The Bertz CT molecular complexity index is 1180. The molecular formula is C26H32FN7O2. The average Bonchev–Trinajstić information content (AvgIpc) is 2.86. The van der Waals surface area contributed by atoms with E-state index in [-0.39, 0.29) is 42.6 Å². The third-order valence-electron chi connectivity index (χ3n) is 5.71. The summed E-state index contributed by atoms with van der Waals surface area (Å²) in [5.41, 5.74) is 3.02. The van der Waals surface area contributed by atoms with Crippen molar-refractivity contribution in [2.24, 2.45) is 4.99 Å². The van der Waals surface area contributed by atoms with Crippen LogP contribution in [0, 0.1) is 11.3 Å². The van der Waals surface area contributed by atoms with E-state index in [0.717, 1.165) is 11.1 Å². The highest BCUT2D eigenvalue weighted by atomic mass is 19.1. The molecule has 1 aromatic carbocycles. The normalized spacial score (nSPS) is 16.1. The van der Waals surface area contributed by atoms with Crippen LogP contribution in [0.3, 0.4) is 0 Å². The second kappa shape index (κ2) is 11.6. The number of rotatable bonds is 7. The fourth-order valence-corrected chi connectivity index (χ4v) is 3.65. The minimum atomic E-state index is -1.03. The van der Waals surface area contributed by atoms with Crippen LogP contribution in [0.25, 0.3) is 0 Å². The van der Waals surface area contributed by atoms with Crippen molar-refractivity contribution in [1.29, 1.82) is 5.26 Å². The third kappa shape index (κ3) is 7.25. The predicted octanol–water partition coefficient (Wildman–Crippen LogP) is 2.96. The van der Waals surface area contributed by atoms with E-state index >= 15 is 0 Å². The number of carbonyl (C=O) groups is 2. The Balaban J connectivity index is 1.61. The van der Waals surface area contributed by atoms with Gasteiger partial charge in [-0.3, -0.25) is 14.6 Å². The largest absolute Gasteiger partial charge is 0.353 e. The van der Waals surface area contributed by atoms with Crippen LogP contribution in [0.1, 0.15) is 67.2 Å². The van der Waals surface area contributed by atoms with Gasteiger partial charge in [0.05, 0.1) is 54.8 Å². The van der Waals surface area contributed by atoms with Crippen LogP contribution in [0.2, 0.25) is 0 Å². The Kier molecular flexibility index (Phi) is 8.59. The molecule has 0 radical (unpaired) electrons. The number of alkyl halides is 1. The molecule has 2 heterocycles. The van der Waals surface area contributed by atoms with E-state index in [0.29, 0.717) is 23.6 Å². The van der Waals surface area contributed by atoms with Gasteiger partial charge in [0, 0.05) is 6.20 Å². The first-order chi connectivity index (χ1) is 17.1. The quantitative estimate of drug-likeness (QED) is 0.469. The summed E-state index contributed by atoms with van der Waals surface area (Å²) in [6, 6.07) is 9.12. The molecule has 2 aromatic rings. The molecule has 2 amide bonds. The number of hydrogen-bond donors (Lipinski definition) is 4. The molecule has 2 atom stereocenters. The Labute approximate surface area is 210 Å². The van der Waals surface area contributed by atoms with E-state index in [1.54, 1.807) is 12.1 Å². The molecule has 36 heavy (non-hydrogen) atoms. The first-order valence-electron chi connectivity index (χ1n) is 11.9. The molecule has 0 aliphatic carbocycles. The number of pyridine rings is 1. The maximum absolute atomic E-state index is 13.2. The molecule has 9 nitrogen and oxygen atoms in total. The number of benzene rings is 1. The highest BCUT2D eigenvalue weighted by molar-refractivity contribution is 5.99. The first kappa shape index (κ1) is 26.6. The van der Waals surface area contributed by atoms with E-state index < -0.39 is 12.1 Å². The summed E-state index contributed by atoms with van der Waals surface area (Å²) in [6.07, 6.45) is 2.50. The summed E-state index contributed by atoms with van der Waals surface area (Å²) >= 11 is 0. The maximum Gasteiger partial charge on any atom is 0.253 e. The molecule has 3 rings (SSSR count). The Morgan fingerprint density at radius 3 is 2.67 bits per heavy atom. The lowest BCUT2D eigenvalue weighted by Crippen LogP contribution is -2.41. The molecule has 0 fully saturated rings. The van der Waals surface area contributed by atoms with E-state index in [9.17, 15) is 19.2 Å². The lowest BCUT2D eigenvalue weighted by molar-refractivity contribution is -0.120. The SMILES string of the molecule is CC[C@H](NC(=O)CNC(=O)c1cncc(NC2=NCC(F)CN2)c1)c1cc(C#N)cc(C(C)(C)C)c1. The number of hydrogen-bond acceptors (Lipinski definition) is 7. The van der Waals surface area contributed by atoms with Gasteiger partial charge in [0.2, 0.25) is 5.91 Å². The lowest BCUT2D eigenvalue weighted by Gasteiger charge is -2.23. The number of nitrogens with zero attached hydrogens (tertiary/aromatic N) is 3. The van der Waals surface area contributed by atoms with Gasteiger partial charge < -0.3 is 21.3 Å². The number of aliphatic imine (C=N–C) groups is 1. The molecule has 0 saturated carbocycles. The zero-order valence-electron chi connectivity index (χ0n) is 21.0. The van der Waals surface area contributed by atoms with Crippen molar-refractivity contribution >= 4 is 23.5 Å². The van der Waals surface area contributed by atoms with Gasteiger partial charge in [-0.05, 0) is 41.2 Å². The number of carbonyl (C=O) groups excluding carboxylic acids is 2. The van der Waals surface area contributed by atoms with Crippen LogP contribution in [-0.4, -0.2) is 48.6 Å². The molecule has 1 aliphatic rings. The summed E-state index contributed by atoms with van der Waals surface area (Å²) < 4.78 is 13.2. The molecule has 10 heteroatoms. The van der Waals surface area contributed by atoms with Crippen molar-refractivity contribution < 1.29 is 14.0 Å². The number of halogens is 1. The van der Waals surface area contributed by atoms with Gasteiger partial charge in [-0.15, -0.1) is 0 Å². The number of nitrogens with one attached hydrogen (secondary N) is 4. The second-order valence-electron chi connectivity index (χ2n) is 9.67. The van der Waals surface area contributed by atoms with Crippen LogP contribution in [0.5, 0.6) is 0 Å². The zero-order valence-corrected chi connectivity index (χ0v) is 21.0. The van der Waals surface area contributed by atoms with E-state index in [4.69, 9.17) is 0 Å². The monoisotopic (exact) mass is 493 g/mol. The molecule has 4 N–H and O–H groups in total. The number of nitriles is 1. The number of guanidine groups is 1. The molecule has 1 aliphatic heterocycles. The first-order valence-corrected chi connectivity index (χ1v) is 11.9. The molecule has 0 spiro atoms. The van der Waals surface area contributed by atoms with Crippen LogP contribution < -0.4 is 21.3 Å². The highest BCUT2D eigenvalue weighted by Crippen LogP contribution is 2.28. The summed E-state index contributed by atoms with van der Waals surface area (Å²) in [5, 5.41) is 20.8. The van der Waals surface area contributed by atoms with E-state index in [1.165, 1.54) is 12.4 Å². The number of aromatic nitrogens is 1. The van der Waals surface area contributed by atoms with E-state index in [2.05, 4.69) is 58.1 Å². The summed E-state index contributed by atoms with van der Waals surface area (Å²) in [6.45, 7) is 8.16. The van der Waals surface area contributed by atoms with Crippen LogP contribution in [0.4, 0.5) is 10.1 Å². The van der Waals surface area contributed by atoms with Crippen molar-refractivity contribution in [2.75, 3.05) is 25.0 Å². The molecule has 1 unspecified atom stereocenters. The van der Waals surface area contributed by atoms with Crippen molar-refractivity contribution in [3.8, 4) is 6.07 Å². The number of anilines is 1. The van der Waals surface area contributed by atoms with Gasteiger partial charge >= 0.3 is 0 Å². The van der Waals surface area contributed by atoms with Crippen molar-refractivity contribution in [2.45, 2.75) is 51.7 Å². The number of amides is 2. The van der Waals surface area contributed by atoms with E-state index in [1.807, 2.05) is 19.1 Å². The molecular weight excluding hydrogens is 461 g/mol. The van der Waals surface area contributed by atoms with Crippen molar-refractivity contribution in [1.82, 2.24) is 20.9 Å². The smallest absolute Gasteiger partial charge is 0.253 e. The van der Waals surface area contributed by atoms with Crippen LogP contribution in [-0.2, 0) is 10.2 Å². The van der Waals surface area contributed by atoms with Gasteiger partial charge in [0.1, 0.15) is 6.17 Å². The van der Waals surface area contributed by atoms with Gasteiger partial charge in [0.15, 0.2) is 5.96 Å². The Morgan fingerprint density at radius 2 is 2.03 bits per heavy atom. The lowest BCUT2D eigenvalue weighted by atomic mass is 9.84. The zero-order chi connectivity index (χ0) is 26.3. The van der Waals surface area contributed by atoms with Crippen LogP contribution in [0.15, 0.2) is 41.7 Å². The third-order valence-corrected chi connectivity index (χ3v) is 5.71. The Morgan fingerprint density at radius 1 is 1.25 bits per heavy atom. The predicted molar refractivity (Wildman–Crippen MR) is 136 cm³/mol. The highest BCUT2D eigenvalue weighted by Gasteiger charge is 2.20. The molecule has 0 saturated heterocycles. The Hall–Kier alpha value is -4.00.